The van der Waals surface area contributed by atoms with Gasteiger partial charge in [-0.15, -0.1) is 0 Å². The highest BCUT2D eigenvalue weighted by atomic mass is 16.2. The first kappa shape index (κ1) is 17.9. The average Bonchev–Trinajstić information content (AvgIpc) is 2.74. The van der Waals surface area contributed by atoms with Crippen molar-refractivity contribution in [2.45, 2.75) is 0 Å². The van der Waals surface area contributed by atoms with E-state index in [1.165, 1.54) is 18.2 Å². The Kier molecular flexibility index (Phi) is 4.51. The maximum absolute atomic E-state index is 12.8. The normalized spacial score (nSPS) is 10.4. The molecule has 0 aliphatic carbocycles. The topological polar surface area (TPSA) is 108 Å². The summed E-state index contributed by atoms with van der Waals surface area (Å²) in [5, 5.41) is 11.9. The number of anilines is 1. The molecular weight excluding hydrogens is 368 g/mol. The number of nitrogens with one attached hydrogen (secondary N) is 2. The molecule has 0 aliphatic rings. The van der Waals surface area contributed by atoms with Crippen LogP contribution < -0.4 is 16.6 Å². The average molecular weight is 382 g/mol. The second kappa shape index (κ2) is 7.29. The molecule has 0 atom stereocenters. The Labute approximate surface area is 164 Å². The van der Waals surface area contributed by atoms with Gasteiger partial charge in [0, 0.05) is 11.3 Å². The molecule has 0 fully saturated rings. The summed E-state index contributed by atoms with van der Waals surface area (Å²) in [4.78, 5) is 40.5. The lowest BCUT2D eigenvalue weighted by Crippen LogP contribution is -2.33. The maximum atomic E-state index is 12.8. The van der Waals surface area contributed by atoms with E-state index in [9.17, 15) is 14.4 Å². The monoisotopic (exact) mass is 382 g/mol. The zero-order chi connectivity index (χ0) is 20.4. The van der Waals surface area contributed by atoms with Gasteiger partial charge in [-0.1, -0.05) is 24.3 Å². The van der Waals surface area contributed by atoms with Gasteiger partial charge in [-0.05, 0) is 48.5 Å². The van der Waals surface area contributed by atoms with Crippen molar-refractivity contribution in [3.63, 3.8) is 0 Å². The second-order valence-corrected chi connectivity index (χ2v) is 6.31. The largest absolute Gasteiger partial charge is 0.333 e. The molecule has 7 heteroatoms. The summed E-state index contributed by atoms with van der Waals surface area (Å²) in [6.45, 7) is 0. The molecule has 0 bridgehead atoms. The molecule has 1 aromatic heterocycles. The molecule has 0 radical (unpaired) electrons. The SMILES string of the molecule is N#Cc1cccc(NC(=O)c2ccc3c(=O)n(-c4ccccc4)c(=O)[nH]c3c2)c1. The van der Waals surface area contributed by atoms with Crippen LogP contribution in [0.1, 0.15) is 15.9 Å². The molecule has 29 heavy (non-hydrogen) atoms. The van der Waals surface area contributed by atoms with E-state index in [2.05, 4.69) is 10.3 Å². The van der Waals surface area contributed by atoms with Crippen LogP contribution in [0.25, 0.3) is 16.6 Å². The number of amides is 1. The summed E-state index contributed by atoms with van der Waals surface area (Å²) in [7, 11) is 0. The molecular formula is C22H14N4O3. The number of hydrogen-bond acceptors (Lipinski definition) is 4. The van der Waals surface area contributed by atoms with E-state index in [1.807, 2.05) is 6.07 Å². The van der Waals surface area contributed by atoms with Crippen LogP contribution in [0.15, 0.2) is 82.4 Å². The number of nitrogens with zero attached hydrogens (tertiary/aromatic N) is 2. The number of H-pyrrole nitrogens is 1. The predicted octanol–water partition coefficient (Wildman–Crippen LogP) is 2.80. The van der Waals surface area contributed by atoms with Crippen molar-refractivity contribution in [2.75, 3.05) is 5.32 Å². The van der Waals surface area contributed by atoms with Gasteiger partial charge in [-0.25, -0.2) is 9.36 Å². The van der Waals surface area contributed by atoms with Gasteiger partial charge < -0.3 is 10.3 Å². The highest BCUT2D eigenvalue weighted by Gasteiger charge is 2.13. The number of aromatic nitrogens is 2. The second-order valence-electron chi connectivity index (χ2n) is 6.31. The summed E-state index contributed by atoms with van der Waals surface area (Å²) in [5.74, 6) is -0.421. The van der Waals surface area contributed by atoms with Crippen molar-refractivity contribution in [3.8, 4) is 11.8 Å². The Morgan fingerprint density at radius 1 is 0.966 bits per heavy atom. The van der Waals surface area contributed by atoms with E-state index >= 15 is 0 Å². The minimum Gasteiger partial charge on any atom is -0.322 e. The molecule has 0 aliphatic heterocycles. The summed E-state index contributed by atoms with van der Waals surface area (Å²) in [6, 6.07) is 21.6. The van der Waals surface area contributed by atoms with Crippen molar-refractivity contribution >= 4 is 22.5 Å². The lowest BCUT2D eigenvalue weighted by molar-refractivity contribution is 0.102. The first-order chi connectivity index (χ1) is 14.1. The molecule has 140 valence electrons. The molecule has 4 rings (SSSR count). The summed E-state index contributed by atoms with van der Waals surface area (Å²) < 4.78 is 1.05. The number of hydrogen-bond donors (Lipinski definition) is 2. The Balaban J connectivity index is 1.73. The van der Waals surface area contributed by atoms with Gasteiger partial charge in [-0.3, -0.25) is 9.59 Å². The van der Waals surface area contributed by atoms with E-state index in [1.54, 1.807) is 54.6 Å². The lowest BCUT2D eigenvalue weighted by Gasteiger charge is -2.08. The summed E-state index contributed by atoms with van der Waals surface area (Å²) in [6.07, 6.45) is 0. The number of rotatable bonds is 3. The van der Waals surface area contributed by atoms with Crippen LogP contribution in [0.4, 0.5) is 5.69 Å². The Bertz CT molecular complexity index is 1400. The van der Waals surface area contributed by atoms with Crippen LogP contribution in [0.2, 0.25) is 0 Å². The molecule has 4 aromatic rings. The van der Waals surface area contributed by atoms with Crippen molar-refractivity contribution in [2.24, 2.45) is 0 Å². The third-order valence-corrected chi connectivity index (χ3v) is 4.42. The zero-order valence-electron chi connectivity index (χ0n) is 15.0. The summed E-state index contributed by atoms with van der Waals surface area (Å²) >= 11 is 0. The Hall–Kier alpha value is -4.44. The van der Waals surface area contributed by atoms with Gasteiger partial charge >= 0.3 is 5.69 Å². The number of nitriles is 1. The van der Waals surface area contributed by atoms with Crippen LogP contribution in [-0.4, -0.2) is 15.5 Å². The number of carbonyl (C=O) groups is 1. The van der Waals surface area contributed by atoms with Crippen LogP contribution in [0.3, 0.4) is 0 Å². The van der Waals surface area contributed by atoms with Crippen molar-refractivity contribution in [3.05, 3.63) is 105 Å². The minimum absolute atomic E-state index is 0.269. The summed E-state index contributed by atoms with van der Waals surface area (Å²) in [5.41, 5.74) is 0.837. The van der Waals surface area contributed by atoms with Crippen molar-refractivity contribution in [1.82, 2.24) is 9.55 Å². The zero-order valence-corrected chi connectivity index (χ0v) is 15.0. The van der Waals surface area contributed by atoms with Gasteiger partial charge in [0.1, 0.15) is 0 Å². The molecule has 0 spiro atoms. The van der Waals surface area contributed by atoms with E-state index in [-0.39, 0.29) is 16.5 Å². The third-order valence-electron chi connectivity index (χ3n) is 4.42. The van der Waals surface area contributed by atoms with Crippen LogP contribution in [0.5, 0.6) is 0 Å². The molecule has 3 aromatic carbocycles. The van der Waals surface area contributed by atoms with Crippen LogP contribution in [-0.2, 0) is 0 Å². The molecule has 0 saturated carbocycles. The van der Waals surface area contributed by atoms with Gasteiger partial charge in [0.25, 0.3) is 11.5 Å². The maximum Gasteiger partial charge on any atom is 0.333 e. The minimum atomic E-state index is -0.590. The van der Waals surface area contributed by atoms with Gasteiger partial charge in [0.15, 0.2) is 0 Å². The van der Waals surface area contributed by atoms with Gasteiger partial charge in [0.05, 0.1) is 28.2 Å². The molecule has 1 heterocycles. The van der Waals surface area contributed by atoms with E-state index in [4.69, 9.17) is 5.26 Å². The quantitative estimate of drug-likeness (QED) is 0.568. The van der Waals surface area contributed by atoms with Crippen molar-refractivity contribution in [1.29, 1.82) is 5.26 Å². The Morgan fingerprint density at radius 2 is 1.76 bits per heavy atom. The molecule has 1 amide bonds. The fraction of sp³-hybridized carbons (Fsp3) is 0. The van der Waals surface area contributed by atoms with E-state index in [0.29, 0.717) is 16.9 Å². The molecule has 7 nitrogen and oxygen atoms in total. The van der Waals surface area contributed by atoms with Crippen molar-refractivity contribution < 1.29 is 4.79 Å². The standard InChI is InChI=1S/C22H14N4O3/c23-13-14-5-4-6-16(11-14)24-20(27)15-9-10-18-19(12-15)25-22(29)26(21(18)28)17-7-2-1-3-8-17/h1-12H,(H,24,27)(H,25,29). The van der Waals surface area contributed by atoms with E-state index < -0.39 is 17.2 Å². The predicted molar refractivity (Wildman–Crippen MR) is 109 cm³/mol. The molecule has 2 N–H and O–H groups in total. The Morgan fingerprint density at radius 3 is 2.52 bits per heavy atom. The highest BCUT2D eigenvalue weighted by Crippen LogP contribution is 2.14. The van der Waals surface area contributed by atoms with E-state index in [0.717, 1.165) is 4.57 Å². The fourth-order valence-electron chi connectivity index (χ4n) is 3.04. The van der Waals surface area contributed by atoms with Gasteiger partial charge in [-0.2, -0.15) is 5.26 Å². The number of fused-ring (bicyclic) bond motifs is 1. The lowest BCUT2D eigenvalue weighted by atomic mass is 10.1. The van der Waals surface area contributed by atoms with Crippen LogP contribution >= 0.6 is 0 Å². The number of aromatic amines is 1. The molecule has 0 saturated heterocycles. The third kappa shape index (κ3) is 3.42. The smallest absolute Gasteiger partial charge is 0.322 e. The number of para-hydroxylation sites is 1. The molecule has 0 unspecified atom stereocenters. The van der Waals surface area contributed by atoms with Crippen LogP contribution in [0, 0.1) is 11.3 Å². The highest BCUT2D eigenvalue weighted by molar-refractivity contribution is 6.06. The number of carbonyl (C=O) groups excluding carboxylic acids is 1. The van der Waals surface area contributed by atoms with Gasteiger partial charge in [0.2, 0.25) is 0 Å². The fourth-order valence-corrected chi connectivity index (χ4v) is 3.04. The first-order valence-corrected chi connectivity index (χ1v) is 8.73. The first-order valence-electron chi connectivity index (χ1n) is 8.73. The number of benzene rings is 3.